The van der Waals surface area contributed by atoms with Gasteiger partial charge in [-0.1, -0.05) is 6.07 Å². The van der Waals surface area contributed by atoms with E-state index in [2.05, 4.69) is 10.3 Å². The summed E-state index contributed by atoms with van der Waals surface area (Å²) in [6.45, 7) is 2.63. The molecule has 0 saturated heterocycles. The molecule has 2 aromatic heterocycles. The Morgan fingerprint density at radius 2 is 1.93 bits per heavy atom. The van der Waals surface area contributed by atoms with Crippen LogP contribution in [0, 0.1) is 6.92 Å². The third-order valence-corrected chi connectivity index (χ3v) is 4.46. The third kappa shape index (κ3) is 4.78. The minimum atomic E-state index is 0.0318. The largest absolute Gasteiger partial charge is 0.493 e. The van der Waals surface area contributed by atoms with E-state index in [1.807, 2.05) is 54.0 Å². The average Bonchev–Trinajstić information content (AvgIpc) is 3.07. The Balaban J connectivity index is 1.46. The predicted octanol–water partition coefficient (Wildman–Crippen LogP) is 2.95. The van der Waals surface area contributed by atoms with Crippen molar-refractivity contribution < 1.29 is 14.3 Å². The average molecular weight is 367 g/mol. The maximum absolute atomic E-state index is 12.1. The van der Waals surface area contributed by atoms with Gasteiger partial charge in [0.2, 0.25) is 5.91 Å². The molecule has 3 rings (SSSR count). The lowest BCUT2D eigenvalue weighted by Gasteiger charge is -2.09. The van der Waals surface area contributed by atoms with Crippen LogP contribution in [-0.4, -0.2) is 36.1 Å². The van der Waals surface area contributed by atoms with Crippen LogP contribution in [0.1, 0.15) is 23.2 Å². The summed E-state index contributed by atoms with van der Waals surface area (Å²) in [4.78, 5) is 16.7. The van der Waals surface area contributed by atoms with Crippen LogP contribution in [-0.2, 0) is 17.6 Å². The van der Waals surface area contributed by atoms with Gasteiger partial charge in [0.1, 0.15) is 5.65 Å². The van der Waals surface area contributed by atoms with E-state index >= 15 is 0 Å². The van der Waals surface area contributed by atoms with Crippen molar-refractivity contribution in [3.05, 3.63) is 59.5 Å². The van der Waals surface area contributed by atoms with Gasteiger partial charge in [-0.3, -0.25) is 4.79 Å². The van der Waals surface area contributed by atoms with E-state index in [0.29, 0.717) is 37.3 Å². The summed E-state index contributed by atoms with van der Waals surface area (Å²) in [5, 5.41) is 2.96. The second-order valence-corrected chi connectivity index (χ2v) is 6.49. The standard InChI is InChI=1S/C21H25N3O3/c1-15-9-11-24-14-17(23-20(24)12-15)8-10-22-21(25)7-5-16-4-6-18(26-2)19(13-16)27-3/h4,6,9,11-14H,5,7-8,10H2,1-3H3,(H,22,25). The van der Waals surface area contributed by atoms with Gasteiger partial charge in [0.05, 0.1) is 19.9 Å². The second kappa shape index (κ2) is 8.58. The zero-order chi connectivity index (χ0) is 19.2. The summed E-state index contributed by atoms with van der Waals surface area (Å²) in [6, 6.07) is 9.81. The number of amides is 1. The normalized spacial score (nSPS) is 10.8. The predicted molar refractivity (Wildman–Crippen MR) is 105 cm³/mol. The van der Waals surface area contributed by atoms with Crippen molar-refractivity contribution in [2.75, 3.05) is 20.8 Å². The van der Waals surface area contributed by atoms with Crippen molar-refractivity contribution in [1.29, 1.82) is 0 Å². The molecule has 0 fully saturated rings. The van der Waals surface area contributed by atoms with Crippen LogP contribution in [0.5, 0.6) is 11.5 Å². The number of fused-ring (bicyclic) bond motifs is 1. The molecule has 0 unspecified atom stereocenters. The molecule has 6 heteroatoms. The number of nitrogens with one attached hydrogen (secondary N) is 1. The molecule has 0 aliphatic carbocycles. The number of methoxy groups -OCH3 is 2. The summed E-state index contributed by atoms with van der Waals surface area (Å²) in [5.74, 6) is 1.40. The molecule has 6 nitrogen and oxygen atoms in total. The Labute approximate surface area is 159 Å². The van der Waals surface area contributed by atoms with Gasteiger partial charge in [-0.25, -0.2) is 4.98 Å². The van der Waals surface area contributed by atoms with Crippen LogP contribution in [0.4, 0.5) is 0 Å². The van der Waals surface area contributed by atoms with Crippen molar-refractivity contribution in [1.82, 2.24) is 14.7 Å². The first kappa shape index (κ1) is 18.8. The fraction of sp³-hybridized carbons (Fsp3) is 0.333. The van der Waals surface area contributed by atoms with E-state index in [1.54, 1.807) is 14.2 Å². The molecule has 0 spiro atoms. The highest BCUT2D eigenvalue weighted by atomic mass is 16.5. The number of ether oxygens (including phenoxy) is 2. The molecule has 2 heterocycles. The Bertz CT molecular complexity index is 934. The zero-order valence-corrected chi connectivity index (χ0v) is 16.0. The van der Waals surface area contributed by atoms with Gasteiger partial charge in [0.25, 0.3) is 0 Å². The number of hydrogen-bond acceptors (Lipinski definition) is 4. The molecule has 142 valence electrons. The Morgan fingerprint density at radius 3 is 2.70 bits per heavy atom. The van der Waals surface area contributed by atoms with Crippen molar-refractivity contribution in [3.8, 4) is 11.5 Å². The molecule has 0 aliphatic heterocycles. The molecule has 0 radical (unpaired) electrons. The number of pyridine rings is 1. The van der Waals surface area contributed by atoms with Crippen molar-refractivity contribution in [3.63, 3.8) is 0 Å². The van der Waals surface area contributed by atoms with Crippen LogP contribution in [0.15, 0.2) is 42.7 Å². The van der Waals surface area contributed by atoms with Gasteiger partial charge >= 0.3 is 0 Å². The third-order valence-electron chi connectivity index (χ3n) is 4.46. The minimum Gasteiger partial charge on any atom is -0.493 e. The first-order valence-corrected chi connectivity index (χ1v) is 9.01. The fourth-order valence-electron chi connectivity index (χ4n) is 2.97. The Morgan fingerprint density at radius 1 is 1.11 bits per heavy atom. The molecule has 27 heavy (non-hydrogen) atoms. The van der Waals surface area contributed by atoms with Crippen LogP contribution < -0.4 is 14.8 Å². The maximum atomic E-state index is 12.1. The van der Waals surface area contributed by atoms with Crippen molar-refractivity contribution in [2.45, 2.75) is 26.2 Å². The van der Waals surface area contributed by atoms with Crippen molar-refractivity contribution >= 4 is 11.6 Å². The Kier molecular flexibility index (Phi) is 5.96. The molecular formula is C21H25N3O3. The van der Waals surface area contributed by atoms with Crippen molar-refractivity contribution in [2.24, 2.45) is 0 Å². The summed E-state index contributed by atoms with van der Waals surface area (Å²) in [7, 11) is 3.21. The molecule has 0 bridgehead atoms. The first-order valence-electron chi connectivity index (χ1n) is 9.01. The van der Waals surface area contributed by atoms with Crippen LogP contribution in [0.3, 0.4) is 0 Å². The summed E-state index contributed by atoms with van der Waals surface area (Å²) < 4.78 is 12.5. The molecule has 0 saturated carbocycles. The summed E-state index contributed by atoms with van der Waals surface area (Å²) in [5.41, 5.74) is 4.13. The number of carbonyl (C=O) groups is 1. The SMILES string of the molecule is COc1ccc(CCC(=O)NCCc2cn3ccc(C)cc3n2)cc1OC. The number of nitrogens with zero attached hydrogens (tertiary/aromatic N) is 2. The summed E-state index contributed by atoms with van der Waals surface area (Å²) >= 11 is 0. The number of aromatic nitrogens is 2. The lowest BCUT2D eigenvalue weighted by Crippen LogP contribution is -2.25. The highest BCUT2D eigenvalue weighted by Crippen LogP contribution is 2.27. The molecule has 3 aromatic rings. The number of aryl methyl sites for hydroxylation is 2. The van der Waals surface area contributed by atoms with Gasteiger partial charge in [-0.05, 0) is 48.7 Å². The molecular weight excluding hydrogens is 342 g/mol. The van der Waals surface area contributed by atoms with Gasteiger partial charge in [0, 0.05) is 31.8 Å². The Hall–Kier alpha value is -3.02. The van der Waals surface area contributed by atoms with Gasteiger partial charge in [-0.15, -0.1) is 0 Å². The molecule has 0 atom stereocenters. The first-order chi connectivity index (χ1) is 13.1. The quantitative estimate of drug-likeness (QED) is 0.665. The van der Waals surface area contributed by atoms with Crippen LogP contribution in [0.2, 0.25) is 0 Å². The number of imidazole rings is 1. The number of rotatable bonds is 8. The lowest BCUT2D eigenvalue weighted by molar-refractivity contribution is -0.121. The number of benzene rings is 1. The highest BCUT2D eigenvalue weighted by Gasteiger charge is 2.08. The van der Waals surface area contributed by atoms with Gasteiger partial charge < -0.3 is 19.2 Å². The zero-order valence-electron chi connectivity index (χ0n) is 16.0. The maximum Gasteiger partial charge on any atom is 0.220 e. The second-order valence-electron chi connectivity index (χ2n) is 6.49. The van der Waals surface area contributed by atoms with E-state index in [9.17, 15) is 4.79 Å². The van der Waals surface area contributed by atoms with E-state index < -0.39 is 0 Å². The van der Waals surface area contributed by atoms with Gasteiger partial charge in [-0.2, -0.15) is 0 Å². The van der Waals surface area contributed by atoms with Crippen LogP contribution in [0.25, 0.3) is 5.65 Å². The van der Waals surface area contributed by atoms with Gasteiger partial charge in [0.15, 0.2) is 11.5 Å². The molecule has 0 aliphatic rings. The molecule has 1 N–H and O–H groups in total. The smallest absolute Gasteiger partial charge is 0.220 e. The molecule has 1 aromatic carbocycles. The number of hydrogen-bond donors (Lipinski definition) is 1. The highest BCUT2D eigenvalue weighted by molar-refractivity contribution is 5.76. The lowest BCUT2D eigenvalue weighted by atomic mass is 10.1. The monoisotopic (exact) mass is 367 g/mol. The summed E-state index contributed by atoms with van der Waals surface area (Å²) in [6.07, 6.45) is 5.80. The number of carbonyl (C=O) groups excluding carboxylic acids is 1. The van der Waals surface area contributed by atoms with E-state index in [-0.39, 0.29) is 5.91 Å². The minimum absolute atomic E-state index is 0.0318. The fourth-order valence-corrected chi connectivity index (χ4v) is 2.97. The van der Waals surface area contributed by atoms with Crippen LogP contribution >= 0.6 is 0 Å². The topological polar surface area (TPSA) is 64.9 Å². The van der Waals surface area contributed by atoms with E-state index in [0.717, 1.165) is 16.9 Å². The van der Waals surface area contributed by atoms with E-state index in [1.165, 1.54) is 5.56 Å². The van der Waals surface area contributed by atoms with E-state index in [4.69, 9.17) is 9.47 Å². The molecule has 1 amide bonds.